The molecule has 0 radical (unpaired) electrons. The molecule has 0 saturated carbocycles. The maximum atomic E-state index is 9.11. The van der Waals surface area contributed by atoms with Crippen LogP contribution in [0.2, 0.25) is 0 Å². The van der Waals surface area contributed by atoms with Crippen molar-refractivity contribution < 1.29 is 5.11 Å². The summed E-state index contributed by atoms with van der Waals surface area (Å²) in [6.07, 6.45) is 3.74. The van der Waals surface area contributed by atoms with Gasteiger partial charge in [-0.25, -0.2) is 15.0 Å². The number of rotatable bonds is 6. The molecule has 32 heavy (non-hydrogen) atoms. The first-order chi connectivity index (χ1) is 15.6. The van der Waals surface area contributed by atoms with Gasteiger partial charge < -0.3 is 19.9 Å². The Kier molecular flexibility index (Phi) is 5.63. The minimum atomic E-state index is 0.225. The quantitative estimate of drug-likeness (QED) is 0.484. The average molecular weight is 432 g/mol. The van der Waals surface area contributed by atoms with Crippen molar-refractivity contribution in [2.24, 2.45) is 0 Å². The van der Waals surface area contributed by atoms with Crippen LogP contribution in [0.4, 0.5) is 17.3 Å². The number of imidazole rings is 1. The van der Waals surface area contributed by atoms with Gasteiger partial charge in [-0.3, -0.25) is 4.90 Å². The number of fused-ring (bicyclic) bond motifs is 3. The van der Waals surface area contributed by atoms with E-state index in [1.807, 2.05) is 24.7 Å². The second-order valence-corrected chi connectivity index (χ2v) is 8.53. The summed E-state index contributed by atoms with van der Waals surface area (Å²) in [6.45, 7) is 9.18. The monoisotopic (exact) mass is 431 g/mol. The second-order valence-electron chi connectivity index (χ2n) is 8.53. The van der Waals surface area contributed by atoms with Gasteiger partial charge in [0.05, 0.1) is 24.0 Å². The van der Waals surface area contributed by atoms with Gasteiger partial charge in [-0.05, 0) is 50.2 Å². The number of aromatic nitrogens is 4. The van der Waals surface area contributed by atoms with Gasteiger partial charge in [0.25, 0.3) is 0 Å². The molecular weight excluding hydrogens is 402 g/mol. The molecule has 8 heteroatoms. The van der Waals surface area contributed by atoms with Crippen molar-refractivity contribution in [3.05, 3.63) is 48.9 Å². The summed E-state index contributed by atoms with van der Waals surface area (Å²) in [5.41, 5.74) is 5.05. The van der Waals surface area contributed by atoms with Gasteiger partial charge in [-0.15, -0.1) is 0 Å². The van der Waals surface area contributed by atoms with Gasteiger partial charge in [0, 0.05) is 61.7 Å². The molecule has 0 bridgehead atoms. The third-order valence-electron chi connectivity index (χ3n) is 6.12. The fraction of sp³-hybridized carbons (Fsp3) is 0.375. The first kappa shape index (κ1) is 20.7. The molecule has 166 valence electrons. The number of hydrogen-bond donors (Lipinski definition) is 2. The van der Waals surface area contributed by atoms with E-state index in [0.29, 0.717) is 12.0 Å². The molecule has 0 unspecified atom stereocenters. The Morgan fingerprint density at radius 2 is 1.78 bits per heavy atom. The van der Waals surface area contributed by atoms with E-state index in [0.717, 1.165) is 60.3 Å². The van der Waals surface area contributed by atoms with Crippen LogP contribution in [0.5, 0.6) is 0 Å². The Labute approximate surface area is 187 Å². The lowest BCUT2D eigenvalue weighted by Crippen LogP contribution is -2.47. The molecule has 0 amide bonds. The summed E-state index contributed by atoms with van der Waals surface area (Å²) in [5, 5.41) is 13.5. The van der Waals surface area contributed by atoms with Crippen LogP contribution in [-0.4, -0.2) is 68.9 Å². The van der Waals surface area contributed by atoms with Crippen LogP contribution < -0.4 is 10.2 Å². The van der Waals surface area contributed by atoms with Crippen molar-refractivity contribution in [1.29, 1.82) is 0 Å². The average Bonchev–Trinajstić information content (AvgIpc) is 3.26. The molecule has 1 fully saturated rings. The molecule has 2 aromatic carbocycles. The zero-order valence-electron chi connectivity index (χ0n) is 18.6. The SMILES string of the molecule is CC(C)n1cnc2ccc3cnc(Nc4ccc(N5CCN(CCO)CC5)cc4)nc3c21. The van der Waals surface area contributed by atoms with E-state index >= 15 is 0 Å². The molecule has 8 nitrogen and oxygen atoms in total. The number of anilines is 3. The Balaban J connectivity index is 1.35. The molecule has 2 N–H and O–H groups in total. The number of benzene rings is 2. The Morgan fingerprint density at radius 3 is 2.50 bits per heavy atom. The van der Waals surface area contributed by atoms with E-state index in [1.54, 1.807) is 0 Å². The number of hydrogen-bond acceptors (Lipinski definition) is 7. The lowest BCUT2D eigenvalue weighted by Gasteiger charge is -2.35. The molecule has 1 aliphatic rings. The highest BCUT2D eigenvalue weighted by molar-refractivity contribution is 6.02. The van der Waals surface area contributed by atoms with Crippen LogP contribution in [0, 0.1) is 0 Å². The van der Waals surface area contributed by atoms with Crippen LogP contribution in [0.15, 0.2) is 48.9 Å². The van der Waals surface area contributed by atoms with Crippen molar-refractivity contribution in [3.63, 3.8) is 0 Å². The number of piperazine rings is 1. The van der Waals surface area contributed by atoms with Crippen LogP contribution in [0.3, 0.4) is 0 Å². The molecule has 1 saturated heterocycles. The normalized spacial score (nSPS) is 15.2. The fourth-order valence-corrected chi connectivity index (χ4v) is 4.32. The number of β-amino-alcohol motifs (C(OH)–C–C–N with tert-alkyl or cyclic N) is 1. The van der Waals surface area contributed by atoms with Gasteiger partial charge in [0.15, 0.2) is 0 Å². The summed E-state index contributed by atoms with van der Waals surface area (Å²) >= 11 is 0. The summed E-state index contributed by atoms with van der Waals surface area (Å²) < 4.78 is 2.16. The number of aliphatic hydroxyl groups excluding tert-OH is 1. The largest absolute Gasteiger partial charge is 0.395 e. The molecule has 0 atom stereocenters. The highest BCUT2D eigenvalue weighted by Gasteiger charge is 2.17. The number of nitrogens with one attached hydrogen (secondary N) is 1. The van der Waals surface area contributed by atoms with Crippen molar-refractivity contribution in [2.75, 3.05) is 49.5 Å². The van der Waals surface area contributed by atoms with Gasteiger partial charge in [0.2, 0.25) is 5.95 Å². The van der Waals surface area contributed by atoms with Crippen LogP contribution in [-0.2, 0) is 0 Å². The summed E-state index contributed by atoms with van der Waals surface area (Å²) in [4.78, 5) is 18.6. The van der Waals surface area contributed by atoms with Crippen molar-refractivity contribution in [1.82, 2.24) is 24.4 Å². The van der Waals surface area contributed by atoms with Gasteiger partial charge >= 0.3 is 0 Å². The van der Waals surface area contributed by atoms with E-state index in [9.17, 15) is 0 Å². The predicted molar refractivity (Wildman–Crippen MR) is 129 cm³/mol. The van der Waals surface area contributed by atoms with E-state index in [4.69, 9.17) is 10.1 Å². The maximum absolute atomic E-state index is 9.11. The minimum absolute atomic E-state index is 0.225. The van der Waals surface area contributed by atoms with E-state index in [1.165, 1.54) is 5.69 Å². The lowest BCUT2D eigenvalue weighted by atomic mass is 10.2. The van der Waals surface area contributed by atoms with Crippen LogP contribution in [0.1, 0.15) is 19.9 Å². The van der Waals surface area contributed by atoms with Gasteiger partial charge in [-0.1, -0.05) is 0 Å². The standard InChI is InChI=1S/C24H29N7O/c1-17(2)31-16-26-21-8-3-18-15-25-24(28-22(18)23(21)31)27-19-4-6-20(7-5-19)30-11-9-29(10-12-30)13-14-32/h3-8,15-17,32H,9-14H2,1-2H3,(H,25,27,28). The molecule has 4 aromatic rings. The molecular formula is C24H29N7O. The van der Waals surface area contributed by atoms with E-state index < -0.39 is 0 Å². The van der Waals surface area contributed by atoms with Crippen LogP contribution in [0.25, 0.3) is 21.9 Å². The Morgan fingerprint density at radius 1 is 1.00 bits per heavy atom. The molecule has 5 rings (SSSR count). The highest BCUT2D eigenvalue weighted by Crippen LogP contribution is 2.27. The predicted octanol–water partition coefficient (Wildman–Crippen LogP) is 3.42. The summed E-state index contributed by atoms with van der Waals surface area (Å²) in [5.74, 6) is 0.576. The third-order valence-corrected chi connectivity index (χ3v) is 6.12. The van der Waals surface area contributed by atoms with Gasteiger partial charge in [0.1, 0.15) is 5.52 Å². The van der Waals surface area contributed by atoms with Crippen molar-refractivity contribution >= 4 is 39.3 Å². The highest BCUT2D eigenvalue weighted by atomic mass is 16.3. The molecule has 2 aromatic heterocycles. The van der Waals surface area contributed by atoms with Crippen LogP contribution >= 0.6 is 0 Å². The number of nitrogens with zero attached hydrogens (tertiary/aromatic N) is 6. The van der Waals surface area contributed by atoms with E-state index in [-0.39, 0.29) is 6.61 Å². The fourth-order valence-electron chi connectivity index (χ4n) is 4.32. The summed E-state index contributed by atoms with van der Waals surface area (Å²) in [6, 6.07) is 12.8. The zero-order valence-corrected chi connectivity index (χ0v) is 18.6. The first-order valence-electron chi connectivity index (χ1n) is 11.2. The van der Waals surface area contributed by atoms with Crippen molar-refractivity contribution in [2.45, 2.75) is 19.9 Å². The third kappa shape index (κ3) is 3.99. The number of aliphatic hydroxyl groups is 1. The summed E-state index contributed by atoms with van der Waals surface area (Å²) in [7, 11) is 0. The minimum Gasteiger partial charge on any atom is -0.395 e. The Hall–Kier alpha value is -3.23. The van der Waals surface area contributed by atoms with E-state index in [2.05, 4.69) is 67.8 Å². The van der Waals surface area contributed by atoms with Gasteiger partial charge in [-0.2, -0.15) is 0 Å². The topological polar surface area (TPSA) is 82.3 Å². The Bertz CT molecular complexity index is 1210. The zero-order chi connectivity index (χ0) is 22.1. The van der Waals surface area contributed by atoms with Crippen molar-refractivity contribution in [3.8, 4) is 0 Å². The molecule has 3 heterocycles. The smallest absolute Gasteiger partial charge is 0.227 e. The second kappa shape index (κ2) is 8.72. The molecule has 1 aliphatic heterocycles. The first-order valence-corrected chi connectivity index (χ1v) is 11.2. The molecule has 0 aliphatic carbocycles. The maximum Gasteiger partial charge on any atom is 0.227 e. The molecule has 0 spiro atoms. The lowest BCUT2D eigenvalue weighted by molar-refractivity contribution is 0.189.